The van der Waals surface area contributed by atoms with E-state index in [1.165, 1.54) is 0 Å². The summed E-state index contributed by atoms with van der Waals surface area (Å²) in [6.45, 7) is 2.84. The van der Waals surface area contributed by atoms with Gasteiger partial charge >= 0.3 is 6.09 Å². The van der Waals surface area contributed by atoms with Crippen molar-refractivity contribution in [3.8, 4) is 0 Å². The zero-order valence-electron chi connectivity index (χ0n) is 19.8. The molecule has 0 spiro atoms. The Morgan fingerprint density at radius 2 is 2.06 bits per heavy atom. The van der Waals surface area contributed by atoms with Crippen molar-refractivity contribution >= 4 is 29.3 Å². The minimum absolute atomic E-state index is 0.0801. The number of alkyl carbamates (subject to hydrolysis) is 1. The lowest BCUT2D eigenvalue weighted by Crippen LogP contribution is -2.68. The molecule has 4 heterocycles. The van der Waals surface area contributed by atoms with Crippen molar-refractivity contribution in [2.24, 2.45) is 5.92 Å². The molecule has 4 saturated carbocycles. The van der Waals surface area contributed by atoms with E-state index in [1.807, 2.05) is 16.7 Å². The molecule has 1 saturated heterocycles. The number of rotatable bonds is 6. The van der Waals surface area contributed by atoms with Crippen molar-refractivity contribution < 1.29 is 18.7 Å². The maximum absolute atomic E-state index is 15.3. The van der Waals surface area contributed by atoms with Crippen LogP contribution in [0.5, 0.6) is 0 Å². The number of aromatic nitrogens is 5. The van der Waals surface area contributed by atoms with Gasteiger partial charge < -0.3 is 25.0 Å². The minimum Gasteiger partial charge on any atom is -0.443 e. The SMILES string of the molecule is O=C(NC12CC(C1)C2)O[C@H]1CC[C@@H](c2cc(Nc3nc(N4CCOCC4)cc4nccn34)n[nH]2)[C@@H]1F. The van der Waals surface area contributed by atoms with Crippen LogP contribution < -0.4 is 15.5 Å². The Balaban J connectivity index is 1.04. The van der Waals surface area contributed by atoms with Gasteiger partial charge in [-0.2, -0.15) is 10.1 Å². The van der Waals surface area contributed by atoms with E-state index in [1.54, 1.807) is 12.3 Å². The van der Waals surface area contributed by atoms with Gasteiger partial charge in [-0.1, -0.05) is 0 Å². The normalized spacial score (nSPS) is 31.1. The van der Waals surface area contributed by atoms with Crippen molar-refractivity contribution in [2.45, 2.75) is 55.8 Å². The highest BCUT2D eigenvalue weighted by Gasteiger charge is 2.58. The summed E-state index contributed by atoms with van der Waals surface area (Å²) >= 11 is 0. The Hall–Kier alpha value is -3.41. The van der Waals surface area contributed by atoms with Gasteiger partial charge in [0.05, 0.1) is 13.2 Å². The Kier molecular flexibility index (Phi) is 5.05. The lowest BCUT2D eigenvalue weighted by atomic mass is 9.50. The summed E-state index contributed by atoms with van der Waals surface area (Å²) in [6.07, 6.45) is 5.13. The van der Waals surface area contributed by atoms with Gasteiger partial charge in [0.2, 0.25) is 5.95 Å². The molecule has 36 heavy (non-hydrogen) atoms. The number of aromatic amines is 1. The number of halogens is 1. The van der Waals surface area contributed by atoms with Crippen LogP contribution in [0.4, 0.5) is 26.8 Å². The zero-order valence-corrected chi connectivity index (χ0v) is 19.8. The highest BCUT2D eigenvalue weighted by Crippen LogP contribution is 2.57. The average molecular weight is 497 g/mol. The summed E-state index contributed by atoms with van der Waals surface area (Å²) < 4.78 is 28.1. The van der Waals surface area contributed by atoms with Gasteiger partial charge in [-0.05, 0) is 38.0 Å². The monoisotopic (exact) mass is 496 g/mol. The van der Waals surface area contributed by atoms with Crippen LogP contribution in [-0.2, 0) is 9.47 Å². The number of morpholine rings is 1. The first-order valence-corrected chi connectivity index (χ1v) is 12.7. The summed E-state index contributed by atoms with van der Waals surface area (Å²) in [7, 11) is 0. The number of amides is 1. The van der Waals surface area contributed by atoms with Crippen molar-refractivity contribution in [1.82, 2.24) is 29.9 Å². The third-order valence-electron chi connectivity index (χ3n) is 8.11. The third-order valence-corrected chi connectivity index (χ3v) is 8.11. The molecule has 0 unspecified atom stereocenters. The Bertz CT molecular complexity index is 1270. The van der Waals surface area contributed by atoms with E-state index in [2.05, 4.69) is 30.7 Å². The largest absolute Gasteiger partial charge is 0.443 e. The number of ether oxygens (including phenoxy) is 2. The van der Waals surface area contributed by atoms with Crippen LogP contribution in [0.2, 0.25) is 0 Å². The summed E-state index contributed by atoms with van der Waals surface area (Å²) in [4.78, 5) is 23.7. The molecule has 5 fully saturated rings. The highest BCUT2D eigenvalue weighted by molar-refractivity contribution is 5.69. The number of imidazole rings is 1. The molecule has 8 rings (SSSR count). The molecule has 5 aliphatic rings. The maximum Gasteiger partial charge on any atom is 0.407 e. The molecule has 2 bridgehead atoms. The van der Waals surface area contributed by atoms with Crippen LogP contribution in [0.1, 0.15) is 43.7 Å². The summed E-state index contributed by atoms with van der Waals surface area (Å²) in [5.74, 6) is 2.25. The van der Waals surface area contributed by atoms with Crippen molar-refractivity contribution in [3.63, 3.8) is 0 Å². The van der Waals surface area contributed by atoms with Gasteiger partial charge in [0.1, 0.15) is 23.7 Å². The predicted molar refractivity (Wildman–Crippen MR) is 128 cm³/mol. The van der Waals surface area contributed by atoms with E-state index >= 15 is 4.39 Å². The van der Waals surface area contributed by atoms with Crippen LogP contribution in [0, 0.1) is 5.92 Å². The van der Waals surface area contributed by atoms with Gasteiger partial charge in [0.15, 0.2) is 5.82 Å². The number of hydrogen-bond donors (Lipinski definition) is 3. The number of carbonyl (C=O) groups excluding carboxylic acids is 1. The lowest BCUT2D eigenvalue weighted by Gasteiger charge is -2.61. The topological polar surface area (TPSA) is 122 Å². The second kappa shape index (κ2) is 8.32. The molecule has 190 valence electrons. The summed E-state index contributed by atoms with van der Waals surface area (Å²) in [6, 6.07) is 3.75. The van der Waals surface area contributed by atoms with E-state index in [0.29, 0.717) is 43.5 Å². The van der Waals surface area contributed by atoms with Gasteiger partial charge in [-0.3, -0.25) is 9.50 Å². The second-order valence-electron chi connectivity index (χ2n) is 10.5. The number of carbonyl (C=O) groups is 1. The molecule has 12 heteroatoms. The number of anilines is 3. The number of nitrogens with zero attached hydrogens (tertiary/aromatic N) is 5. The van der Waals surface area contributed by atoms with Crippen LogP contribution >= 0.6 is 0 Å². The molecular weight excluding hydrogens is 467 g/mol. The molecule has 0 radical (unpaired) electrons. The molecule has 11 nitrogen and oxygen atoms in total. The van der Waals surface area contributed by atoms with E-state index < -0.39 is 24.3 Å². The Morgan fingerprint density at radius 3 is 2.83 bits per heavy atom. The molecule has 3 atom stereocenters. The molecular formula is C24H29FN8O3. The maximum atomic E-state index is 15.3. The van der Waals surface area contributed by atoms with Crippen LogP contribution in [0.15, 0.2) is 24.5 Å². The standard InChI is InChI=1S/C24H29FN8O3/c25-21-15(1-2-17(21)36-23(34)29-24-11-14(12-24)13-24)16-9-18(31-30-16)27-22-28-20(32-5-7-35-8-6-32)10-19-26-3-4-33(19)22/h3-4,9-10,14-15,17,21H,1-2,5-8,11-13H2,(H,29,34)(H2,27,28,30,31)/t14?,15-,17-,21-,24?/m0/s1. The second-order valence-corrected chi connectivity index (χ2v) is 10.5. The highest BCUT2D eigenvalue weighted by atomic mass is 19.1. The number of hydrogen-bond acceptors (Lipinski definition) is 8. The Morgan fingerprint density at radius 1 is 1.22 bits per heavy atom. The first-order chi connectivity index (χ1) is 17.6. The van der Waals surface area contributed by atoms with Crippen LogP contribution in [0.25, 0.3) is 5.65 Å². The van der Waals surface area contributed by atoms with Crippen molar-refractivity contribution in [3.05, 3.63) is 30.2 Å². The molecule has 3 N–H and O–H groups in total. The predicted octanol–water partition coefficient (Wildman–Crippen LogP) is 2.90. The van der Waals surface area contributed by atoms with E-state index in [0.717, 1.165) is 49.7 Å². The van der Waals surface area contributed by atoms with E-state index in [4.69, 9.17) is 14.5 Å². The first kappa shape index (κ1) is 21.8. The van der Waals surface area contributed by atoms with E-state index in [9.17, 15) is 4.79 Å². The molecule has 1 amide bonds. The summed E-state index contributed by atoms with van der Waals surface area (Å²) in [5, 5.41) is 13.5. The van der Waals surface area contributed by atoms with Gasteiger partial charge in [0, 0.05) is 54.8 Å². The smallest absolute Gasteiger partial charge is 0.407 e. The molecule has 4 aliphatic carbocycles. The lowest BCUT2D eigenvalue weighted by molar-refractivity contribution is -0.0532. The number of alkyl halides is 1. The third kappa shape index (κ3) is 3.74. The van der Waals surface area contributed by atoms with Crippen LogP contribution in [-0.4, -0.2) is 74.8 Å². The minimum atomic E-state index is -1.29. The molecule has 3 aromatic rings. The van der Waals surface area contributed by atoms with Crippen molar-refractivity contribution in [1.29, 1.82) is 0 Å². The fourth-order valence-corrected chi connectivity index (χ4v) is 6.05. The zero-order chi connectivity index (χ0) is 24.3. The molecule has 1 aliphatic heterocycles. The number of fused-ring (bicyclic) bond motifs is 1. The quantitative estimate of drug-likeness (QED) is 0.476. The summed E-state index contributed by atoms with van der Waals surface area (Å²) in [5.41, 5.74) is 1.35. The number of H-pyrrole nitrogens is 1. The molecule has 3 aromatic heterocycles. The Labute approximate surface area is 206 Å². The fraction of sp³-hybridized carbons (Fsp3) is 0.583. The van der Waals surface area contributed by atoms with Crippen LogP contribution in [0.3, 0.4) is 0 Å². The fourth-order valence-electron chi connectivity index (χ4n) is 6.05. The van der Waals surface area contributed by atoms with Gasteiger partial charge in [-0.25, -0.2) is 14.2 Å². The molecule has 0 aromatic carbocycles. The number of nitrogens with one attached hydrogen (secondary N) is 3. The first-order valence-electron chi connectivity index (χ1n) is 12.7. The average Bonchev–Trinajstić information content (AvgIpc) is 3.57. The van der Waals surface area contributed by atoms with Crippen molar-refractivity contribution in [2.75, 3.05) is 36.5 Å². The van der Waals surface area contributed by atoms with Gasteiger partial charge in [0.25, 0.3) is 0 Å². The van der Waals surface area contributed by atoms with Gasteiger partial charge in [-0.15, -0.1) is 0 Å². The van der Waals surface area contributed by atoms with E-state index in [-0.39, 0.29) is 5.54 Å².